The van der Waals surface area contributed by atoms with Crippen LogP contribution >= 0.6 is 0 Å². The van der Waals surface area contributed by atoms with Crippen LogP contribution in [0.4, 0.5) is 11.8 Å². The number of fused-ring (bicyclic) bond motifs is 1. The molecule has 1 aliphatic rings. The number of hydrogen-bond donors (Lipinski definition) is 2. The molecule has 3 aromatic heterocycles. The number of aliphatic hydroxyl groups excluding tert-OH is 1. The fourth-order valence-electron chi connectivity index (χ4n) is 3.31. The number of aliphatic hydroxyl groups is 1. The standard InChI is InChI=1S/C17H22N8O2/c1-23-13(4-5-19-23)16(26)12-8-11-10-24(6-3-7-25(11)22-12)14-9-15(27-2)21-17(18)20-14/h4-5,8-9,16,26H,3,6-7,10H2,1-2H3,(H2,18,20,21)/t16-/m0/s1. The molecule has 0 bridgehead atoms. The molecule has 0 spiro atoms. The van der Waals surface area contributed by atoms with Crippen LogP contribution in [0.3, 0.4) is 0 Å². The van der Waals surface area contributed by atoms with Crippen molar-refractivity contribution >= 4 is 11.8 Å². The number of nitrogens with two attached hydrogens (primary N) is 1. The van der Waals surface area contributed by atoms with Gasteiger partial charge in [-0.1, -0.05) is 0 Å². The number of aryl methyl sites for hydroxylation is 2. The van der Waals surface area contributed by atoms with Crippen LogP contribution in [-0.2, 0) is 20.1 Å². The van der Waals surface area contributed by atoms with Gasteiger partial charge in [-0.15, -0.1) is 0 Å². The molecule has 0 saturated heterocycles. The van der Waals surface area contributed by atoms with Crippen molar-refractivity contribution in [3.05, 3.63) is 41.5 Å². The van der Waals surface area contributed by atoms with Crippen LogP contribution in [-0.4, -0.2) is 48.3 Å². The molecule has 0 aromatic carbocycles. The van der Waals surface area contributed by atoms with E-state index in [1.54, 1.807) is 37.2 Å². The Hall–Kier alpha value is -3.14. The van der Waals surface area contributed by atoms with E-state index < -0.39 is 6.10 Å². The van der Waals surface area contributed by atoms with E-state index >= 15 is 0 Å². The number of hydrogen-bond acceptors (Lipinski definition) is 8. The summed E-state index contributed by atoms with van der Waals surface area (Å²) in [6.45, 7) is 2.18. The molecule has 0 amide bonds. The van der Waals surface area contributed by atoms with Crippen LogP contribution in [0, 0.1) is 0 Å². The van der Waals surface area contributed by atoms with Crippen molar-refractivity contribution in [3.63, 3.8) is 0 Å². The van der Waals surface area contributed by atoms with Crippen molar-refractivity contribution in [3.8, 4) is 5.88 Å². The zero-order chi connectivity index (χ0) is 19.0. The second kappa shape index (κ2) is 6.88. The molecule has 1 aliphatic heterocycles. The normalized spacial score (nSPS) is 15.3. The van der Waals surface area contributed by atoms with Crippen LogP contribution < -0.4 is 15.4 Å². The van der Waals surface area contributed by atoms with E-state index in [9.17, 15) is 5.11 Å². The Morgan fingerprint density at radius 2 is 2.11 bits per heavy atom. The van der Waals surface area contributed by atoms with E-state index in [-0.39, 0.29) is 5.95 Å². The lowest BCUT2D eigenvalue weighted by Crippen LogP contribution is -2.24. The van der Waals surface area contributed by atoms with Gasteiger partial charge in [-0.05, 0) is 18.6 Å². The van der Waals surface area contributed by atoms with E-state index in [4.69, 9.17) is 10.5 Å². The molecular weight excluding hydrogens is 348 g/mol. The first-order chi connectivity index (χ1) is 13.0. The van der Waals surface area contributed by atoms with E-state index in [1.165, 1.54) is 0 Å². The van der Waals surface area contributed by atoms with Gasteiger partial charge in [-0.25, -0.2) is 0 Å². The highest BCUT2D eigenvalue weighted by Crippen LogP contribution is 2.26. The van der Waals surface area contributed by atoms with Crippen molar-refractivity contribution in [1.82, 2.24) is 29.5 Å². The third kappa shape index (κ3) is 3.31. The lowest BCUT2D eigenvalue weighted by Gasteiger charge is -2.21. The third-order valence-electron chi connectivity index (χ3n) is 4.69. The second-order valence-corrected chi connectivity index (χ2v) is 6.47. The molecule has 142 valence electrons. The SMILES string of the molecule is COc1cc(N2CCCn3nc([C@H](O)c4ccnn4C)cc3C2)nc(N)n1. The Morgan fingerprint density at radius 3 is 2.85 bits per heavy atom. The summed E-state index contributed by atoms with van der Waals surface area (Å²) in [4.78, 5) is 10.5. The van der Waals surface area contributed by atoms with Crippen LogP contribution in [0.5, 0.6) is 5.88 Å². The van der Waals surface area contributed by atoms with Gasteiger partial charge in [-0.3, -0.25) is 9.36 Å². The molecule has 1 atom stereocenters. The van der Waals surface area contributed by atoms with Gasteiger partial charge in [0.1, 0.15) is 11.9 Å². The molecule has 0 unspecified atom stereocenters. The third-order valence-corrected chi connectivity index (χ3v) is 4.69. The molecule has 0 radical (unpaired) electrons. The van der Waals surface area contributed by atoms with Crippen molar-refractivity contribution in [2.75, 3.05) is 24.3 Å². The molecule has 10 heteroatoms. The van der Waals surface area contributed by atoms with Crippen molar-refractivity contribution < 1.29 is 9.84 Å². The molecule has 10 nitrogen and oxygen atoms in total. The molecule has 0 fully saturated rings. The summed E-state index contributed by atoms with van der Waals surface area (Å²) in [5.41, 5.74) is 8.11. The molecule has 0 aliphatic carbocycles. The van der Waals surface area contributed by atoms with E-state index in [0.717, 1.165) is 25.2 Å². The maximum Gasteiger partial charge on any atom is 0.225 e. The molecule has 4 heterocycles. The van der Waals surface area contributed by atoms with Gasteiger partial charge in [0.25, 0.3) is 0 Å². The van der Waals surface area contributed by atoms with Gasteiger partial charge in [0.15, 0.2) is 0 Å². The minimum Gasteiger partial charge on any atom is -0.481 e. The molecular formula is C17H22N8O2. The fraction of sp³-hybridized carbons (Fsp3) is 0.412. The average molecular weight is 370 g/mol. The minimum absolute atomic E-state index is 0.175. The van der Waals surface area contributed by atoms with E-state index in [1.807, 2.05) is 10.7 Å². The number of nitrogens with zero attached hydrogens (tertiary/aromatic N) is 7. The topological polar surface area (TPSA) is 120 Å². The summed E-state index contributed by atoms with van der Waals surface area (Å²) in [7, 11) is 3.35. The van der Waals surface area contributed by atoms with Crippen LogP contribution in [0.2, 0.25) is 0 Å². The summed E-state index contributed by atoms with van der Waals surface area (Å²) >= 11 is 0. The predicted octanol–water partition coefficient (Wildman–Crippen LogP) is 0.489. The van der Waals surface area contributed by atoms with Gasteiger partial charge in [-0.2, -0.15) is 20.2 Å². The zero-order valence-corrected chi connectivity index (χ0v) is 15.3. The number of nitrogen functional groups attached to an aromatic ring is 1. The first-order valence-corrected chi connectivity index (χ1v) is 8.71. The average Bonchev–Trinajstić information content (AvgIpc) is 3.21. The second-order valence-electron chi connectivity index (χ2n) is 6.47. The first kappa shape index (κ1) is 17.3. The number of methoxy groups -OCH3 is 1. The van der Waals surface area contributed by atoms with Gasteiger partial charge in [0, 0.05) is 32.4 Å². The molecule has 4 rings (SSSR count). The zero-order valence-electron chi connectivity index (χ0n) is 15.3. The monoisotopic (exact) mass is 370 g/mol. The highest BCUT2D eigenvalue weighted by atomic mass is 16.5. The van der Waals surface area contributed by atoms with Gasteiger partial charge >= 0.3 is 0 Å². The number of aromatic nitrogens is 6. The maximum absolute atomic E-state index is 10.7. The van der Waals surface area contributed by atoms with Gasteiger partial charge in [0.05, 0.1) is 30.7 Å². The summed E-state index contributed by atoms with van der Waals surface area (Å²) in [6, 6.07) is 5.49. The highest BCUT2D eigenvalue weighted by molar-refractivity contribution is 5.46. The Balaban J connectivity index is 1.62. The summed E-state index contributed by atoms with van der Waals surface area (Å²) in [5.74, 6) is 1.32. The Bertz CT molecular complexity index is 950. The Labute approximate surface area is 156 Å². The van der Waals surface area contributed by atoms with Crippen molar-refractivity contribution in [2.24, 2.45) is 7.05 Å². The predicted molar refractivity (Wildman–Crippen MR) is 98.2 cm³/mol. The number of rotatable bonds is 4. The number of ether oxygens (including phenoxy) is 1. The Kier molecular flexibility index (Phi) is 4.40. The molecule has 3 N–H and O–H groups in total. The summed E-state index contributed by atoms with van der Waals surface area (Å²) in [6.07, 6.45) is 1.73. The molecule has 27 heavy (non-hydrogen) atoms. The van der Waals surface area contributed by atoms with Gasteiger partial charge in [0.2, 0.25) is 11.8 Å². The lowest BCUT2D eigenvalue weighted by atomic mass is 10.2. The first-order valence-electron chi connectivity index (χ1n) is 8.71. The summed E-state index contributed by atoms with van der Waals surface area (Å²) in [5, 5.41) is 19.4. The number of anilines is 2. The Morgan fingerprint density at radius 1 is 1.26 bits per heavy atom. The maximum atomic E-state index is 10.7. The lowest BCUT2D eigenvalue weighted by molar-refractivity contribution is 0.203. The highest BCUT2D eigenvalue weighted by Gasteiger charge is 2.23. The smallest absolute Gasteiger partial charge is 0.225 e. The van der Waals surface area contributed by atoms with Crippen molar-refractivity contribution in [2.45, 2.75) is 25.6 Å². The molecule has 3 aromatic rings. The van der Waals surface area contributed by atoms with Crippen LogP contribution in [0.1, 0.15) is 29.6 Å². The summed E-state index contributed by atoms with van der Waals surface area (Å²) < 4.78 is 8.79. The van der Waals surface area contributed by atoms with E-state index in [2.05, 4.69) is 25.1 Å². The van der Waals surface area contributed by atoms with Crippen LogP contribution in [0.25, 0.3) is 0 Å². The van der Waals surface area contributed by atoms with Crippen molar-refractivity contribution in [1.29, 1.82) is 0 Å². The quantitative estimate of drug-likeness (QED) is 0.681. The largest absolute Gasteiger partial charge is 0.481 e. The van der Waals surface area contributed by atoms with Crippen LogP contribution in [0.15, 0.2) is 24.4 Å². The minimum atomic E-state index is -0.819. The van der Waals surface area contributed by atoms with Gasteiger partial charge < -0.3 is 20.5 Å². The fourth-order valence-corrected chi connectivity index (χ4v) is 3.31. The molecule has 0 saturated carbocycles. The van der Waals surface area contributed by atoms with E-state index in [0.29, 0.717) is 29.6 Å².